The van der Waals surface area contributed by atoms with Crippen LogP contribution in [0, 0.1) is 0 Å². The monoisotopic (exact) mass is 413 g/mol. The molecule has 0 saturated heterocycles. The molecule has 2 aromatic rings. The van der Waals surface area contributed by atoms with Crippen molar-refractivity contribution in [3.63, 3.8) is 0 Å². The van der Waals surface area contributed by atoms with E-state index in [1.54, 1.807) is 24.3 Å². The van der Waals surface area contributed by atoms with Crippen LogP contribution in [0.4, 0.5) is 0 Å². The average molecular weight is 413 g/mol. The molecule has 0 aromatic heterocycles. The van der Waals surface area contributed by atoms with Gasteiger partial charge < -0.3 is 9.47 Å². The van der Waals surface area contributed by atoms with Crippen LogP contribution in [0.2, 0.25) is 0 Å². The van der Waals surface area contributed by atoms with Gasteiger partial charge in [0.1, 0.15) is 11.8 Å². The van der Waals surface area contributed by atoms with Gasteiger partial charge in [-0.2, -0.15) is 11.8 Å². The van der Waals surface area contributed by atoms with E-state index in [1.807, 2.05) is 6.26 Å². The van der Waals surface area contributed by atoms with Crippen molar-refractivity contribution in [1.29, 1.82) is 0 Å². The number of carbonyl (C=O) groups excluding carboxylic acids is 4. The maximum Gasteiger partial charge on any atom is 0.337 e. The summed E-state index contributed by atoms with van der Waals surface area (Å²) >= 11 is 1.50. The Morgan fingerprint density at radius 2 is 1.59 bits per heavy atom. The van der Waals surface area contributed by atoms with Crippen molar-refractivity contribution in [2.24, 2.45) is 0 Å². The summed E-state index contributed by atoms with van der Waals surface area (Å²) < 4.78 is 10.0. The molecule has 0 fully saturated rings. The molecule has 1 atom stereocenters. The van der Waals surface area contributed by atoms with Gasteiger partial charge in [0.25, 0.3) is 11.8 Å². The molecule has 0 bridgehead atoms. The molecule has 0 saturated carbocycles. The van der Waals surface area contributed by atoms with Crippen molar-refractivity contribution in [2.75, 3.05) is 19.1 Å². The molecule has 29 heavy (non-hydrogen) atoms. The second-order valence-corrected chi connectivity index (χ2v) is 7.25. The fraction of sp³-hybridized carbons (Fsp3) is 0.238. The fourth-order valence-electron chi connectivity index (χ4n) is 3.03. The number of ether oxygens (including phenoxy) is 2. The number of esters is 2. The van der Waals surface area contributed by atoms with Gasteiger partial charge in [-0.1, -0.05) is 12.1 Å². The lowest BCUT2D eigenvalue weighted by molar-refractivity contribution is -0.138. The van der Waals surface area contributed by atoms with Crippen LogP contribution < -0.4 is 4.74 Å². The number of hydrogen-bond donors (Lipinski definition) is 0. The van der Waals surface area contributed by atoms with E-state index in [4.69, 9.17) is 4.74 Å². The Bertz CT molecular complexity index is 921. The summed E-state index contributed by atoms with van der Waals surface area (Å²) in [5.74, 6) is -1.46. The van der Waals surface area contributed by atoms with E-state index in [0.717, 1.165) is 4.90 Å². The third kappa shape index (κ3) is 4.17. The predicted molar refractivity (Wildman–Crippen MR) is 107 cm³/mol. The van der Waals surface area contributed by atoms with Crippen LogP contribution in [0.15, 0.2) is 48.5 Å². The molecule has 2 amide bonds. The molecule has 1 aliphatic rings. The molecule has 0 radical (unpaired) electrons. The van der Waals surface area contributed by atoms with E-state index in [2.05, 4.69) is 4.74 Å². The number of methoxy groups -OCH3 is 1. The number of rotatable bonds is 7. The highest BCUT2D eigenvalue weighted by atomic mass is 32.2. The number of amides is 2. The first-order valence-corrected chi connectivity index (χ1v) is 10.2. The molecule has 0 aliphatic carbocycles. The summed E-state index contributed by atoms with van der Waals surface area (Å²) in [5, 5.41) is 0. The zero-order valence-corrected chi connectivity index (χ0v) is 16.7. The molecule has 0 unspecified atom stereocenters. The highest BCUT2D eigenvalue weighted by molar-refractivity contribution is 7.98. The molecular formula is C21H19NO6S. The van der Waals surface area contributed by atoms with Crippen molar-refractivity contribution < 1.29 is 28.7 Å². The van der Waals surface area contributed by atoms with Gasteiger partial charge >= 0.3 is 11.9 Å². The summed E-state index contributed by atoms with van der Waals surface area (Å²) in [5.41, 5.74) is 0.871. The first-order valence-electron chi connectivity index (χ1n) is 8.84. The number of hydrogen-bond acceptors (Lipinski definition) is 7. The van der Waals surface area contributed by atoms with Gasteiger partial charge in [-0.25, -0.2) is 9.59 Å². The molecule has 0 spiro atoms. The van der Waals surface area contributed by atoms with Crippen molar-refractivity contribution in [3.05, 3.63) is 65.2 Å². The molecule has 150 valence electrons. The van der Waals surface area contributed by atoms with Crippen molar-refractivity contribution in [1.82, 2.24) is 4.90 Å². The second-order valence-electron chi connectivity index (χ2n) is 6.26. The number of imide groups is 1. The first-order chi connectivity index (χ1) is 14.0. The van der Waals surface area contributed by atoms with Gasteiger partial charge in [-0.3, -0.25) is 14.5 Å². The standard InChI is InChI=1S/C21H19NO6S/c1-27-20(25)13-7-9-14(10-8-13)28-21(26)17(11-12-29-2)22-18(23)15-5-3-4-6-16(15)19(22)24/h3-10,17H,11-12H2,1-2H3/t17-/m1/s1. The highest BCUT2D eigenvalue weighted by Crippen LogP contribution is 2.27. The van der Waals surface area contributed by atoms with Crippen molar-refractivity contribution >= 4 is 35.5 Å². The second kappa shape index (κ2) is 8.91. The van der Waals surface area contributed by atoms with Gasteiger partial charge in [0.15, 0.2) is 0 Å². The van der Waals surface area contributed by atoms with Crippen molar-refractivity contribution in [3.8, 4) is 5.75 Å². The summed E-state index contributed by atoms with van der Waals surface area (Å²) in [6.07, 6.45) is 2.14. The van der Waals surface area contributed by atoms with Gasteiger partial charge in [-0.05, 0) is 54.8 Å². The Kier molecular flexibility index (Phi) is 6.33. The van der Waals surface area contributed by atoms with Crippen LogP contribution in [0.3, 0.4) is 0 Å². The minimum absolute atomic E-state index is 0.202. The SMILES string of the molecule is COC(=O)c1ccc(OC(=O)[C@@H](CCSC)N2C(=O)c3ccccc3C2=O)cc1. The highest BCUT2D eigenvalue weighted by Gasteiger charge is 2.43. The lowest BCUT2D eigenvalue weighted by Crippen LogP contribution is -2.47. The van der Waals surface area contributed by atoms with E-state index in [9.17, 15) is 19.2 Å². The van der Waals surface area contributed by atoms with Crippen LogP contribution in [-0.4, -0.2) is 53.8 Å². The molecular weight excluding hydrogens is 394 g/mol. The smallest absolute Gasteiger partial charge is 0.337 e. The number of fused-ring (bicyclic) bond motifs is 1. The van der Waals surface area contributed by atoms with Crippen LogP contribution in [0.1, 0.15) is 37.5 Å². The van der Waals surface area contributed by atoms with Gasteiger partial charge in [0.05, 0.1) is 23.8 Å². The average Bonchev–Trinajstić information content (AvgIpc) is 2.99. The predicted octanol–water partition coefficient (Wildman–Crippen LogP) is 2.80. The normalized spacial score (nSPS) is 13.8. The number of thioether (sulfide) groups is 1. The third-order valence-corrected chi connectivity index (χ3v) is 5.14. The van der Waals surface area contributed by atoms with E-state index in [0.29, 0.717) is 11.3 Å². The van der Waals surface area contributed by atoms with Crippen LogP contribution in [0.25, 0.3) is 0 Å². The molecule has 2 aromatic carbocycles. The Morgan fingerprint density at radius 3 is 2.10 bits per heavy atom. The Hall–Kier alpha value is -3.13. The zero-order chi connectivity index (χ0) is 21.0. The topological polar surface area (TPSA) is 90.0 Å². The van der Waals surface area contributed by atoms with E-state index in [1.165, 1.54) is 43.1 Å². The summed E-state index contributed by atoms with van der Waals surface area (Å²) in [6, 6.07) is 11.3. The Morgan fingerprint density at radius 1 is 1.00 bits per heavy atom. The summed E-state index contributed by atoms with van der Waals surface area (Å²) in [4.78, 5) is 50.9. The Balaban J connectivity index is 1.82. The molecule has 1 heterocycles. The molecule has 1 aliphatic heterocycles. The summed E-state index contributed by atoms with van der Waals surface area (Å²) in [7, 11) is 1.27. The van der Waals surface area contributed by atoms with Crippen molar-refractivity contribution in [2.45, 2.75) is 12.5 Å². The van der Waals surface area contributed by atoms with Crippen LogP contribution in [0.5, 0.6) is 5.75 Å². The minimum Gasteiger partial charge on any atom is -0.465 e. The molecule has 0 N–H and O–H groups in total. The molecule has 8 heteroatoms. The lowest BCUT2D eigenvalue weighted by Gasteiger charge is -2.24. The minimum atomic E-state index is -1.05. The van der Waals surface area contributed by atoms with E-state index in [-0.39, 0.29) is 23.3 Å². The Labute approximate surface area is 172 Å². The van der Waals surface area contributed by atoms with Gasteiger partial charge in [-0.15, -0.1) is 0 Å². The van der Waals surface area contributed by atoms with E-state index >= 15 is 0 Å². The fourth-order valence-corrected chi connectivity index (χ4v) is 3.49. The lowest BCUT2D eigenvalue weighted by atomic mass is 10.1. The van der Waals surface area contributed by atoms with Gasteiger partial charge in [0.2, 0.25) is 0 Å². The largest absolute Gasteiger partial charge is 0.465 e. The third-order valence-electron chi connectivity index (χ3n) is 4.50. The van der Waals surface area contributed by atoms with Crippen LogP contribution in [-0.2, 0) is 9.53 Å². The number of benzene rings is 2. The summed E-state index contributed by atoms with van der Waals surface area (Å²) in [6.45, 7) is 0. The molecule has 7 nitrogen and oxygen atoms in total. The quantitative estimate of drug-likeness (QED) is 0.392. The van der Waals surface area contributed by atoms with Gasteiger partial charge in [0, 0.05) is 0 Å². The van der Waals surface area contributed by atoms with Crippen LogP contribution >= 0.6 is 11.8 Å². The maximum atomic E-state index is 12.9. The maximum absolute atomic E-state index is 12.9. The first kappa shape index (κ1) is 20.6. The van der Waals surface area contributed by atoms with E-state index < -0.39 is 29.8 Å². The molecule has 3 rings (SSSR count). The number of carbonyl (C=O) groups is 4. The zero-order valence-electron chi connectivity index (χ0n) is 15.9. The number of nitrogens with zero attached hydrogens (tertiary/aromatic N) is 1.